The highest BCUT2D eigenvalue weighted by molar-refractivity contribution is 7.59. The molecule has 1 aromatic carbocycles. The number of aliphatic hydroxyl groups excluding tert-OH is 1. The van der Waals surface area contributed by atoms with Crippen LogP contribution in [0.25, 0.3) is 0 Å². The van der Waals surface area contributed by atoms with Gasteiger partial charge in [-0.25, -0.2) is 4.79 Å². The number of carbonyl (C=O) groups is 2. The van der Waals surface area contributed by atoms with Crippen LogP contribution in [0.1, 0.15) is 25.8 Å². The third-order valence-electron chi connectivity index (χ3n) is 3.31. The number of nitrogens with two attached hydrogens (primary N) is 1. The van der Waals surface area contributed by atoms with Gasteiger partial charge in [-0.2, -0.15) is 13.5 Å². The molecule has 5 N–H and O–H groups in total. The molecule has 1 aromatic rings. The summed E-state index contributed by atoms with van der Waals surface area (Å²) in [6, 6.07) is 7.44. The van der Waals surface area contributed by atoms with E-state index >= 15 is 0 Å². The van der Waals surface area contributed by atoms with Crippen LogP contribution in [-0.2, 0) is 16.0 Å². The molecule has 0 heterocycles. The lowest BCUT2D eigenvalue weighted by Crippen LogP contribution is -2.52. The lowest BCUT2D eigenvalue weighted by molar-refractivity contribution is -0.144. The first-order valence-corrected chi connectivity index (χ1v) is 7.32. The molecule has 7 heteroatoms. The van der Waals surface area contributed by atoms with E-state index < -0.39 is 30.1 Å². The van der Waals surface area contributed by atoms with E-state index in [4.69, 9.17) is 10.8 Å². The average molecular weight is 342 g/mol. The summed E-state index contributed by atoms with van der Waals surface area (Å²) in [4.78, 5) is 23.1. The molecule has 0 radical (unpaired) electrons. The number of carboxylic acids is 1. The maximum Gasteiger partial charge on any atom is 0.326 e. The molecule has 1 amide bonds. The third kappa shape index (κ3) is 7.49. The minimum atomic E-state index is -1.45. The lowest BCUT2D eigenvalue weighted by Gasteiger charge is -2.22. The Morgan fingerprint density at radius 1 is 1.22 bits per heavy atom. The molecule has 0 aromatic heterocycles. The number of aliphatic hydroxyl groups is 1. The van der Waals surface area contributed by atoms with Crippen LogP contribution < -0.4 is 11.1 Å². The maximum atomic E-state index is 12.0. The van der Waals surface area contributed by atoms with E-state index in [1.807, 2.05) is 44.2 Å². The van der Waals surface area contributed by atoms with Gasteiger partial charge in [-0.1, -0.05) is 44.2 Å². The van der Waals surface area contributed by atoms with Crippen molar-refractivity contribution in [3.63, 3.8) is 0 Å². The zero-order valence-corrected chi connectivity index (χ0v) is 14.4. The second-order valence-corrected chi connectivity index (χ2v) is 5.83. The van der Waals surface area contributed by atoms with Gasteiger partial charge in [-0.05, 0) is 24.3 Å². The first-order chi connectivity index (χ1) is 10.3. The molecular formula is C16H26N2O4S. The smallest absolute Gasteiger partial charge is 0.326 e. The fraction of sp³-hybridized carbons (Fsp3) is 0.500. The third-order valence-corrected chi connectivity index (χ3v) is 3.31. The Balaban J connectivity index is 0.00000484. The summed E-state index contributed by atoms with van der Waals surface area (Å²) in [5.74, 6) is -1.76. The van der Waals surface area contributed by atoms with Gasteiger partial charge in [0.1, 0.15) is 12.1 Å². The van der Waals surface area contributed by atoms with Gasteiger partial charge in [0.05, 0.1) is 0 Å². The molecule has 0 spiro atoms. The van der Waals surface area contributed by atoms with Crippen molar-refractivity contribution in [2.24, 2.45) is 11.7 Å². The Hall–Kier alpha value is -1.57. The second-order valence-electron chi connectivity index (χ2n) is 5.83. The zero-order chi connectivity index (χ0) is 16.7. The van der Waals surface area contributed by atoms with Crippen molar-refractivity contribution in [1.29, 1.82) is 0 Å². The Morgan fingerprint density at radius 3 is 2.26 bits per heavy atom. The predicted octanol–water partition coefficient (Wildman–Crippen LogP) is 0.646. The molecule has 0 aliphatic heterocycles. The van der Waals surface area contributed by atoms with E-state index in [2.05, 4.69) is 5.32 Å². The maximum absolute atomic E-state index is 12.0. The van der Waals surface area contributed by atoms with Crippen LogP contribution in [0.4, 0.5) is 0 Å². The first-order valence-electron chi connectivity index (χ1n) is 7.32. The predicted molar refractivity (Wildman–Crippen MR) is 93.5 cm³/mol. The fourth-order valence-corrected chi connectivity index (χ4v) is 2.14. The van der Waals surface area contributed by atoms with Crippen molar-refractivity contribution in [3.05, 3.63) is 35.9 Å². The van der Waals surface area contributed by atoms with Gasteiger partial charge in [-0.15, -0.1) is 0 Å². The lowest BCUT2D eigenvalue weighted by atomic mass is 10.00. The fourth-order valence-electron chi connectivity index (χ4n) is 2.14. The van der Waals surface area contributed by atoms with E-state index in [-0.39, 0.29) is 19.4 Å². The molecule has 0 fully saturated rings. The molecule has 0 bridgehead atoms. The molecular weight excluding hydrogens is 316 g/mol. The number of nitrogens with one attached hydrogen (secondary N) is 1. The Bertz CT molecular complexity index is 496. The zero-order valence-electron chi connectivity index (χ0n) is 13.4. The number of carboxylic acid groups (broad SMARTS) is 1. The van der Waals surface area contributed by atoms with Crippen LogP contribution in [0, 0.1) is 5.92 Å². The summed E-state index contributed by atoms with van der Waals surface area (Å²) in [7, 11) is 0. The molecule has 130 valence electrons. The van der Waals surface area contributed by atoms with E-state index in [9.17, 15) is 14.7 Å². The molecule has 0 saturated carbocycles. The number of amides is 1. The van der Waals surface area contributed by atoms with Crippen LogP contribution in [-0.4, -0.2) is 40.3 Å². The van der Waals surface area contributed by atoms with Crippen LogP contribution in [0.3, 0.4) is 0 Å². The molecule has 6 nitrogen and oxygen atoms in total. The van der Waals surface area contributed by atoms with E-state index in [0.717, 1.165) is 5.56 Å². The van der Waals surface area contributed by atoms with Crippen LogP contribution >= 0.6 is 13.5 Å². The average Bonchev–Trinajstić information content (AvgIpc) is 2.46. The number of carbonyl (C=O) groups excluding carboxylic acids is 1. The van der Waals surface area contributed by atoms with Gasteiger partial charge in [0, 0.05) is 6.04 Å². The number of hydrogen-bond acceptors (Lipinski definition) is 4. The summed E-state index contributed by atoms with van der Waals surface area (Å²) in [5.41, 5.74) is 6.75. The van der Waals surface area contributed by atoms with Crippen molar-refractivity contribution >= 4 is 25.4 Å². The van der Waals surface area contributed by atoms with Crippen LogP contribution in [0.15, 0.2) is 30.3 Å². The normalized spacial score (nSPS) is 14.5. The molecule has 1 rings (SSSR count). The summed E-state index contributed by atoms with van der Waals surface area (Å²) >= 11 is 0. The van der Waals surface area contributed by atoms with E-state index in [0.29, 0.717) is 12.8 Å². The van der Waals surface area contributed by atoms with Crippen molar-refractivity contribution in [1.82, 2.24) is 5.32 Å². The van der Waals surface area contributed by atoms with E-state index in [1.54, 1.807) is 0 Å². The summed E-state index contributed by atoms with van der Waals surface area (Å²) in [6.07, 6.45) is -0.826. The van der Waals surface area contributed by atoms with Crippen molar-refractivity contribution < 1.29 is 19.8 Å². The summed E-state index contributed by atoms with van der Waals surface area (Å²) in [6.45, 7) is 3.72. The molecule has 0 saturated heterocycles. The molecule has 23 heavy (non-hydrogen) atoms. The van der Waals surface area contributed by atoms with Crippen molar-refractivity contribution in [2.45, 2.75) is 44.9 Å². The highest BCUT2D eigenvalue weighted by atomic mass is 32.1. The van der Waals surface area contributed by atoms with Gasteiger partial charge in [0.25, 0.3) is 5.91 Å². The highest BCUT2D eigenvalue weighted by Gasteiger charge is 2.28. The standard InChI is InChI=1S/C16H24N2O4.H2S/c1-10(2)8-13(16(21)22)18-15(20)14(19)12(17)9-11-6-4-3-5-7-11;/h3-7,10,12-14,19H,8-9,17H2,1-2H3,(H,18,20)(H,21,22);1H2. The molecule has 0 aliphatic rings. The van der Waals surface area contributed by atoms with Crippen LogP contribution in [0.5, 0.6) is 0 Å². The van der Waals surface area contributed by atoms with Crippen LogP contribution in [0.2, 0.25) is 0 Å². The molecule has 3 atom stereocenters. The number of hydrogen-bond donors (Lipinski definition) is 4. The van der Waals surface area contributed by atoms with Gasteiger partial charge in [0.15, 0.2) is 0 Å². The quantitative estimate of drug-likeness (QED) is 0.554. The Labute approximate surface area is 143 Å². The molecule has 3 unspecified atom stereocenters. The van der Waals surface area contributed by atoms with E-state index in [1.165, 1.54) is 0 Å². The Kier molecular flexibility index (Phi) is 9.55. The second kappa shape index (κ2) is 10.3. The van der Waals surface area contributed by atoms with Crippen molar-refractivity contribution in [2.75, 3.05) is 0 Å². The minimum absolute atomic E-state index is 0. The van der Waals surface area contributed by atoms with Gasteiger partial charge in [0.2, 0.25) is 0 Å². The van der Waals surface area contributed by atoms with Crippen molar-refractivity contribution in [3.8, 4) is 0 Å². The number of rotatable bonds is 8. The SMILES string of the molecule is CC(C)CC(NC(=O)C(O)C(N)Cc1ccccc1)C(=O)O.S. The highest BCUT2D eigenvalue weighted by Crippen LogP contribution is 2.08. The van der Waals surface area contributed by atoms with Gasteiger partial charge >= 0.3 is 5.97 Å². The largest absolute Gasteiger partial charge is 0.480 e. The molecule has 0 aliphatic carbocycles. The Morgan fingerprint density at radius 2 is 1.78 bits per heavy atom. The topological polar surface area (TPSA) is 113 Å². The summed E-state index contributed by atoms with van der Waals surface area (Å²) < 4.78 is 0. The van der Waals surface area contributed by atoms with Gasteiger partial charge < -0.3 is 21.3 Å². The number of benzene rings is 1. The van der Waals surface area contributed by atoms with Gasteiger partial charge in [-0.3, -0.25) is 4.79 Å². The monoisotopic (exact) mass is 342 g/mol. The summed E-state index contributed by atoms with van der Waals surface area (Å²) in [5, 5.41) is 21.4. The first kappa shape index (κ1) is 21.4. The number of aliphatic carboxylic acids is 1. The minimum Gasteiger partial charge on any atom is -0.480 e.